The summed E-state index contributed by atoms with van der Waals surface area (Å²) in [7, 11) is -4.64. The Morgan fingerprint density at radius 3 is 2.48 bits per heavy atom. The molecule has 0 bridgehead atoms. The Morgan fingerprint density at radius 1 is 1.21 bits per heavy atom. The van der Waals surface area contributed by atoms with E-state index in [9.17, 15) is 27.1 Å². The molecule has 33 heavy (non-hydrogen) atoms. The van der Waals surface area contributed by atoms with Gasteiger partial charge in [0, 0.05) is 30.7 Å². The molecular weight excluding hydrogens is 461 g/mol. The van der Waals surface area contributed by atoms with Gasteiger partial charge in [0.15, 0.2) is 5.82 Å². The Morgan fingerprint density at radius 2 is 1.91 bits per heavy atom. The second kappa shape index (κ2) is 8.85. The molecule has 0 radical (unpaired) electrons. The predicted octanol–water partition coefficient (Wildman–Crippen LogP) is 4.13. The van der Waals surface area contributed by atoms with E-state index in [-0.39, 0.29) is 12.1 Å². The third-order valence-corrected chi connectivity index (χ3v) is 6.16. The van der Waals surface area contributed by atoms with Gasteiger partial charge in [0.05, 0.1) is 18.3 Å². The molecule has 3 aromatic heterocycles. The molecule has 0 unspecified atom stereocenters. The SMILES string of the molecule is CC(C)(C)CN(Cc1cn(S(=O)(=O)c2cncc(F)c2)c(-c2cccnc2F)c1F)C(=O)O. The Bertz CT molecular complexity index is 1300. The number of carboxylic acid groups (broad SMARTS) is 1. The van der Waals surface area contributed by atoms with Gasteiger partial charge in [-0.05, 0) is 23.6 Å². The van der Waals surface area contributed by atoms with Crippen LogP contribution in [0, 0.1) is 23.0 Å². The summed E-state index contributed by atoms with van der Waals surface area (Å²) in [6.45, 7) is 4.86. The minimum Gasteiger partial charge on any atom is -0.465 e. The van der Waals surface area contributed by atoms with E-state index in [1.165, 1.54) is 6.07 Å². The van der Waals surface area contributed by atoms with Gasteiger partial charge in [-0.2, -0.15) is 4.39 Å². The number of nitrogens with zero attached hydrogens (tertiary/aromatic N) is 4. The third-order valence-electron chi connectivity index (χ3n) is 4.53. The van der Waals surface area contributed by atoms with Crippen molar-refractivity contribution in [1.29, 1.82) is 0 Å². The number of carbonyl (C=O) groups is 1. The van der Waals surface area contributed by atoms with Crippen LogP contribution in [0.5, 0.6) is 0 Å². The Kier molecular flexibility index (Phi) is 6.50. The lowest BCUT2D eigenvalue weighted by molar-refractivity contribution is 0.122. The van der Waals surface area contributed by atoms with E-state index in [4.69, 9.17) is 0 Å². The Hall–Kier alpha value is -3.41. The van der Waals surface area contributed by atoms with Crippen LogP contribution in [0.15, 0.2) is 47.9 Å². The maximum atomic E-state index is 15.6. The van der Waals surface area contributed by atoms with Crippen molar-refractivity contribution in [2.24, 2.45) is 5.41 Å². The summed E-state index contributed by atoms with van der Waals surface area (Å²) < 4.78 is 70.5. The largest absolute Gasteiger partial charge is 0.465 e. The van der Waals surface area contributed by atoms with Crippen molar-refractivity contribution < 1.29 is 31.5 Å². The molecule has 1 N–H and O–H groups in total. The van der Waals surface area contributed by atoms with Gasteiger partial charge in [-0.25, -0.2) is 30.9 Å². The fourth-order valence-corrected chi connectivity index (χ4v) is 4.59. The fraction of sp³-hybridized carbons (Fsp3) is 0.286. The van der Waals surface area contributed by atoms with Gasteiger partial charge in [-0.1, -0.05) is 20.8 Å². The van der Waals surface area contributed by atoms with Crippen LogP contribution in [-0.2, 0) is 16.6 Å². The number of aromatic nitrogens is 3. The van der Waals surface area contributed by atoms with Crippen LogP contribution in [-0.4, -0.2) is 45.0 Å². The minimum absolute atomic E-state index is 0.0180. The maximum Gasteiger partial charge on any atom is 0.407 e. The Balaban J connectivity index is 2.23. The van der Waals surface area contributed by atoms with Gasteiger partial charge in [0.25, 0.3) is 10.0 Å². The van der Waals surface area contributed by atoms with Gasteiger partial charge in [-0.15, -0.1) is 0 Å². The second-order valence-corrected chi connectivity index (χ2v) is 10.3. The van der Waals surface area contributed by atoms with E-state index in [2.05, 4.69) is 9.97 Å². The average molecular weight is 482 g/mol. The number of amides is 1. The second-order valence-electron chi connectivity index (χ2n) is 8.50. The molecule has 0 aliphatic rings. The zero-order chi connectivity index (χ0) is 24.6. The summed E-state index contributed by atoms with van der Waals surface area (Å²) in [5, 5.41) is 9.55. The van der Waals surface area contributed by atoms with Crippen molar-refractivity contribution in [1.82, 2.24) is 18.8 Å². The molecule has 176 valence electrons. The Labute approximate surface area is 188 Å². The van der Waals surface area contributed by atoms with Crippen molar-refractivity contribution in [3.05, 3.63) is 66.1 Å². The minimum atomic E-state index is -4.64. The molecule has 3 rings (SSSR count). The van der Waals surface area contributed by atoms with Gasteiger partial charge >= 0.3 is 6.09 Å². The van der Waals surface area contributed by atoms with Crippen LogP contribution < -0.4 is 0 Å². The van der Waals surface area contributed by atoms with Gasteiger partial charge < -0.3 is 10.0 Å². The van der Waals surface area contributed by atoms with E-state index in [0.717, 1.165) is 35.8 Å². The molecule has 0 fully saturated rings. The standard InChI is InChI=1S/C21H21F3N4O4S/c1-21(2,3)12-27(20(29)30)10-13-11-28(33(31,32)15-7-14(22)8-25-9-15)18(17(13)23)16-5-4-6-26-19(16)24/h4-9,11H,10,12H2,1-3H3,(H,29,30). The first kappa shape index (κ1) is 24.2. The average Bonchev–Trinajstić information content (AvgIpc) is 3.03. The normalized spacial score (nSPS) is 12.1. The summed E-state index contributed by atoms with van der Waals surface area (Å²) in [6, 6.07) is 3.10. The van der Waals surface area contributed by atoms with Crippen LogP contribution in [0.3, 0.4) is 0 Å². The lowest BCUT2D eigenvalue weighted by Crippen LogP contribution is -2.36. The lowest BCUT2D eigenvalue weighted by Gasteiger charge is -2.27. The molecule has 0 saturated carbocycles. The highest BCUT2D eigenvalue weighted by molar-refractivity contribution is 7.90. The number of hydrogen-bond donors (Lipinski definition) is 1. The highest BCUT2D eigenvalue weighted by Gasteiger charge is 2.31. The smallest absolute Gasteiger partial charge is 0.407 e. The number of halogens is 3. The maximum absolute atomic E-state index is 15.6. The van der Waals surface area contributed by atoms with Crippen LogP contribution in [0.4, 0.5) is 18.0 Å². The zero-order valence-electron chi connectivity index (χ0n) is 18.0. The third kappa shape index (κ3) is 5.16. The number of rotatable bonds is 6. The van der Waals surface area contributed by atoms with Crippen LogP contribution in [0.1, 0.15) is 26.3 Å². The van der Waals surface area contributed by atoms with E-state index in [1.54, 1.807) is 20.8 Å². The molecule has 0 aliphatic carbocycles. The van der Waals surface area contributed by atoms with Gasteiger partial charge in [0.1, 0.15) is 16.4 Å². The summed E-state index contributed by atoms with van der Waals surface area (Å²) in [4.78, 5) is 19.0. The molecule has 0 aromatic carbocycles. The summed E-state index contributed by atoms with van der Waals surface area (Å²) in [6.07, 6.45) is 2.27. The van der Waals surface area contributed by atoms with Crippen LogP contribution in [0.25, 0.3) is 11.3 Å². The molecule has 1 amide bonds. The van der Waals surface area contributed by atoms with Crippen LogP contribution in [0.2, 0.25) is 0 Å². The molecular formula is C21H21F3N4O4S. The van der Waals surface area contributed by atoms with E-state index >= 15 is 4.39 Å². The lowest BCUT2D eigenvalue weighted by atomic mass is 9.96. The molecule has 3 aromatic rings. The molecule has 0 atom stereocenters. The summed E-state index contributed by atoms with van der Waals surface area (Å²) in [5.41, 5.74) is -1.95. The summed E-state index contributed by atoms with van der Waals surface area (Å²) >= 11 is 0. The van der Waals surface area contributed by atoms with Crippen molar-refractivity contribution in [2.45, 2.75) is 32.2 Å². The quantitative estimate of drug-likeness (QED) is 0.530. The van der Waals surface area contributed by atoms with Crippen LogP contribution >= 0.6 is 0 Å². The molecule has 0 spiro atoms. The molecule has 8 nitrogen and oxygen atoms in total. The highest BCUT2D eigenvalue weighted by Crippen LogP contribution is 2.33. The number of hydrogen-bond acceptors (Lipinski definition) is 5. The molecule has 12 heteroatoms. The first-order chi connectivity index (χ1) is 15.3. The number of pyridine rings is 2. The fourth-order valence-electron chi connectivity index (χ4n) is 3.23. The van der Waals surface area contributed by atoms with E-state index < -0.39 is 61.8 Å². The monoisotopic (exact) mass is 482 g/mol. The summed E-state index contributed by atoms with van der Waals surface area (Å²) in [5.74, 6) is -3.23. The van der Waals surface area contributed by atoms with E-state index in [0.29, 0.717) is 10.0 Å². The highest BCUT2D eigenvalue weighted by atomic mass is 32.2. The van der Waals surface area contributed by atoms with Crippen molar-refractivity contribution in [3.63, 3.8) is 0 Å². The van der Waals surface area contributed by atoms with E-state index in [1.807, 2.05) is 0 Å². The molecule has 3 heterocycles. The molecule has 0 aliphatic heterocycles. The van der Waals surface area contributed by atoms with Crippen molar-refractivity contribution >= 4 is 16.1 Å². The first-order valence-electron chi connectivity index (χ1n) is 9.66. The van der Waals surface area contributed by atoms with Crippen molar-refractivity contribution in [3.8, 4) is 11.3 Å². The first-order valence-corrected chi connectivity index (χ1v) is 11.1. The zero-order valence-corrected chi connectivity index (χ0v) is 18.8. The van der Waals surface area contributed by atoms with Gasteiger partial charge in [-0.3, -0.25) is 4.98 Å². The molecule has 0 saturated heterocycles. The topological polar surface area (TPSA) is 105 Å². The van der Waals surface area contributed by atoms with Crippen molar-refractivity contribution in [2.75, 3.05) is 6.54 Å². The van der Waals surface area contributed by atoms with Gasteiger partial charge in [0.2, 0.25) is 5.95 Å². The predicted molar refractivity (Wildman–Crippen MR) is 112 cm³/mol.